The van der Waals surface area contributed by atoms with E-state index in [9.17, 15) is 43.2 Å². The van der Waals surface area contributed by atoms with E-state index in [-0.39, 0.29) is 25.7 Å². The van der Waals surface area contributed by atoms with Gasteiger partial charge in [-0.15, -0.1) is 0 Å². The predicted molar refractivity (Wildman–Crippen MR) is 409 cm³/mol. The summed E-state index contributed by atoms with van der Waals surface area (Å²) in [5, 5.41) is 10.6. The minimum atomic E-state index is -4.97. The van der Waals surface area contributed by atoms with Gasteiger partial charge in [-0.3, -0.25) is 37.3 Å². The highest BCUT2D eigenvalue weighted by molar-refractivity contribution is 7.47. The van der Waals surface area contributed by atoms with Gasteiger partial charge in [0.15, 0.2) is 12.2 Å². The fourth-order valence-corrected chi connectivity index (χ4v) is 13.7. The van der Waals surface area contributed by atoms with Crippen LogP contribution in [0.5, 0.6) is 0 Å². The van der Waals surface area contributed by atoms with Crippen LogP contribution in [0.25, 0.3) is 0 Å². The average molecular weight is 1460 g/mol. The molecule has 590 valence electrons. The highest BCUT2D eigenvalue weighted by Gasteiger charge is 2.30. The zero-order valence-electron chi connectivity index (χ0n) is 64.7. The number of hydrogen-bond donors (Lipinski definition) is 3. The largest absolute Gasteiger partial charge is 0.472 e. The van der Waals surface area contributed by atoms with Crippen LogP contribution in [0, 0.1) is 0 Å². The second kappa shape index (κ2) is 74.8. The van der Waals surface area contributed by atoms with Gasteiger partial charge in [0, 0.05) is 25.7 Å². The van der Waals surface area contributed by atoms with Crippen LogP contribution in [0.15, 0.2) is 24.3 Å². The number of aliphatic hydroxyl groups excluding tert-OH is 1. The number of esters is 4. The van der Waals surface area contributed by atoms with Gasteiger partial charge in [-0.2, -0.15) is 0 Å². The third-order valence-electron chi connectivity index (χ3n) is 18.4. The SMILES string of the molecule is CCCCC/C=C\C/C=C\CCCCCCCC(=O)OC[C@H](COP(=O)(O)OC[C@@H](O)COP(=O)(O)OC[C@@H](COC(=O)CCCCCCCCCCCCCCCCCCC)OC(=O)CCCCCCCCCCCCCCC)OC(=O)CCCCCCCCCCCCCCCCC. The van der Waals surface area contributed by atoms with E-state index in [4.69, 9.17) is 37.0 Å². The van der Waals surface area contributed by atoms with Crippen LogP contribution in [0.3, 0.4) is 0 Å². The molecular weight excluding hydrogens is 1310 g/mol. The van der Waals surface area contributed by atoms with Crippen LogP contribution < -0.4 is 0 Å². The van der Waals surface area contributed by atoms with Crippen LogP contribution >= 0.6 is 15.6 Å². The summed E-state index contributed by atoms with van der Waals surface area (Å²) in [5.74, 6) is -2.13. The van der Waals surface area contributed by atoms with Gasteiger partial charge in [0.2, 0.25) is 0 Å². The summed E-state index contributed by atoms with van der Waals surface area (Å²) in [6.45, 7) is 4.96. The van der Waals surface area contributed by atoms with E-state index >= 15 is 0 Å². The van der Waals surface area contributed by atoms with Crippen LogP contribution in [-0.4, -0.2) is 96.7 Å². The number of rotatable bonds is 80. The molecule has 3 N–H and O–H groups in total. The van der Waals surface area contributed by atoms with Crippen molar-refractivity contribution < 1.29 is 80.2 Å². The standard InChI is InChI=1S/C81H154O17P2/c1-5-9-13-17-21-25-29-33-36-37-40-43-46-50-54-58-62-66-79(84)92-71-76(97-80(85)67-63-59-55-51-47-41-32-28-24-20-16-12-8-4)73-95-99(87,88)93-69-75(82)70-94-100(89,90)96-74-77(98-81(86)68-64-60-56-52-48-44-39-35-31-27-23-19-15-11-7-3)72-91-78(83)65-61-57-53-49-45-42-38-34-30-26-22-18-14-10-6-2/h22,26,34,38,75-77,82H,5-21,23-25,27-33,35-37,39-74H2,1-4H3,(H,87,88)(H,89,90)/b26-22-,38-34-/t75-,76+,77+/m0/s1. The Kier molecular flexibility index (Phi) is 73.0. The normalized spacial score (nSPS) is 13.9. The maximum absolute atomic E-state index is 13.1. The first-order valence-electron chi connectivity index (χ1n) is 41.6. The van der Waals surface area contributed by atoms with Gasteiger partial charge in [-0.1, -0.05) is 354 Å². The molecule has 0 aromatic rings. The first-order valence-corrected chi connectivity index (χ1v) is 44.6. The fourth-order valence-electron chi connectivity index (χ4n) is 12.1. The molecule has 19 heteroatoms. The number of aliphatic hydroxyl groups is 1. The van der Waals surface area contributed by atoms with E-state index in [0.717, 1.165) is 116 Å². The van der Waals surface area contributed by atoms with E-state index in [0.29, 0.717) is 25.7 Å². The van der Waals surface area contributed by atoms with Crippen LogP contribution in [0.4, 0.5) is 0 Å². The molecular formula is C81H154O17P2. The molecule has 0 radical (unpaired) electrons. The van der Waals surface area contributed by atoms with Gasteiger partial charge in [0.25, 0.3) is 0 Å². The first kappa shape index (κ1) is 97.5. The number of phosphoric ester groups is 2. The molecule has 0 aliphatic heterocycles. The van der Waals surface area contributed by atoms with Crippen LogP contribution in [0.1, 0.15) is 413 Å². The summed E-state index contributed by atoms with van der Waals surface area (Å²) < 4.78 is 68.7. The van der Waals surface area contributed by atoms with Gasteiger partial charge >= 0.3 is 39.5 Å². The molecule has 17 nitrogen and oxygen atoms in total. The van der Waals surface area contributed by atoms with Crippen molar-refractivity contribution in [1.29, 1.82) is 0 Å². The monoisotopic (exact) mass is 1460 g/mol. The Balaban J connectivity index is 5.28. The Morgan fingerprint density at radius 3 is 0.760 bits per heavy atom. The van der Waals surface area contributed by atoms with Crippen molar-refractivity contribution in [3.8, 4) is 0 Å². The lowest BCUT2D eigenvalue weighted by molar-refractivity contribution is -0.161. The van der Waals surface area contributed by atoms with Gasteiger partial charge in [0.1, 0.15) is 19.3 Å². The second-order valence-corrected chi connectivity index (χ2v) is 31.4. The fraction of sp³-hybridized carbons (Fsp3) is 0.901. The number of allylic oxidation sites excluding steroid dienone is 4. The number of hydrogen-bond acceptors (Lipinski definition) is 15. The Morgan fingerprint density at radius 2 is 0.490 bits per heavy atom. The van der Waals surface area contributed by atoms with Gasteiger partial charge in [-0.05, 0) is 57.8 Å². The molecule has 0 spiro atoms. The molecule has 0 rings (SSSR count). The lowest BCUT2D eigenvalue weighted by atomic mass is 10.0. The Bertz CT molecular complexity index is 1990. The number of unbranched alkanes of at least 4 members (excludes halogenated alkanes) is 50. The zero-order valence-corrected chi connectivity index (χ0v) is 66.5. The van der Waals surface area contributed by atoms with Crippen LogP contribution in [0.2, 0.25) is 0 Å². The maximum atomic E-state index is 13.1. The molecule has 0 saturated carbocycles. The minimum absolute atomic E-state index is 0.102. The third kappa shape index (κ3) is 73.8. The average Bonchev–Trinajstić information content (AvgIpc) is 0.988. The molecule has 0 heterocycles. The summed E-state index contributed by atoms with van der Waals surface area (Å²) in [7, 11) is -9.93. The van der Waals surface area contributed by atoms with Gasteiger partial charge in [0.05, 0.1) is 26.4 Å². The smallest absolute Gasteiger partial charge is 0.462 e. The van der Waals surface area contributed by atoms with Crippen molar-refractivity contribution in [2.45, 2.75) is 431 Å². The summed E-state index contributed by atoms with van der Waals surface area (Å²) in [4.78, 5) is 73.0. The van der Waals surface area contributed by atoms with E-state index in [1.807, 2.05) is 0 Å². The van der Waals surface area contributed by atoms with Crippen molar-refractivity contribution in [3.05, 3.63) is 24.3 Å². The van der Waals surface area contributed by atoms with Gasteiger partial charge in [-0.25, -0.2) is 9.13 Å². The zero-order chi connectivity index (χ0) is 73.2. The van der Waals surface area contributed by atoms with Crippen molar-refractivity contribution >= 4 is 39.5 Å². The van der Waals surface area contributed by atoms with Crippen molar-refractivity contribution in [2.75, 3.05) is 39.6 Å². The Hall–Kier alpha value is -2.46. The summed E-state index contributed by atoms with van der Waals surface area (Å²) >= 11 is 0. The molecule has 0 aliphatic rings. The molecule has 0 fully saturated rings. The Morgan fingerprint density at radius 1 is 0.280 bits per heavy atom. The first-order chi connectivity index (χ1) is 48.7. The second-order valence-electron chi connectivity index (χ2n) is 28.4. The molecule has 5 atom stereocenters. The predicted octanol–water partition coefficient (Wildman–Crippen LogP) is 24.1. The van der Waals surface area contributed by atoms with Crippen molar-refractivity contribution in [3.63, 3.8) is 0 Å². The molecule has 0 amide bonds. The van der Waals surface area contributed by atoms with E-state index in [1.165, 1.54) is 218 Å². The number of ether oxygens (including phenoxy) is 4. The quantitative estimate of drug-likeness (QED) is 0.0169. The molecule has 2 unspecified atom stereocenters. The van der Waals surface area contributed by atoms with Crippen molar-refractivity contribution in [1.82, 2.24) is 0 Å². The molecule has 0 bridgehead atoms. The minimum Gasteiger partial charge on any atom is -0.462 e. The highest BCUT2D eigenvalue weighted by Crippen LogP contribution is 2.45. The van der Waals surface area contributed by atoms with E-state index < -0.39 is 97.5 Å². The third-order valence-corrected chi connectivity index (χ3v) is 20.4. The molecule has 0 aromatic carbocycles. The number of carbonyl (C=O) groups excluding carboxylic acids is 4. The van der Waals surface area contributed by atoms with E-state index in [2.05, 4.69) is 52.0 Å². The van der Waals surface area contributed by atoms with Crippen molar-refractivity contribution in [2.24, 2.45) is 0 Å². The number of carbonyl (C=O) groups is 4. The van der Waals surface area contributed by atoms with Crippen LogP contribution in [-0.2, 0) is 65.4 Å². The Labute approximate surface area is 612 Å². The van der Waals surface area contributed by atoms with Gasteiger partial charge < -0.3 is 33.8 Å². The summed E-state index contributed by atoms with van der Waals surface area (Å²) in [6.07, 6.45) is 70.0. The topological polar surface area (TPSA) is 237 Å². The number of phosphoric acid groups is 2. The molecule has 0 saturated heterocycles. The lowest BCUT2D eigenvalue weighted by Gasteiger charge is -2.21. The summed E-state index contributed by atoms with van der Waals surface area (Å²) in [6, 6.07) is 0. The van der Waals surface area contributed by atoms with E-state index in [1.54, 1.807) is 0 Å². The lowest BCUT2D eigenvalue weighted by Crippen LogP contribution is -2.30. The molecule has 0 aliphatic carbocycles. The maximum Gasteiger partial charge on any atom is 0.472 e. The highest BCUT2D eigenvalue weighted by atomic mass is 31.2. The molecule has 0 aromatic heterocycles. The summed E-state index contributed by atoms with van der Waals surface area (Å²) in [5.41, 5.74) is 0. The molecule has 100 heavy (non-hydrogen) atoms.